The molecule has 0 bridgehead atoms. The smallest absolute Gasteiger partial charge is 0.162 e. The van der Waals surface area contributed by atoms with Crippen molar-refractivity contribution in [1.29, 1.82) is 0 Å². The number of carbonyl (C=O) groups excluding carboxylic acids is 1. The average molecular weight is 305 g/mol. The summed E-state index contributed by atoms with van der Waals surface area (Å²) < 4.78 is 5.74. The van der Waals surface area contributed by atoms with Gasteiger partial charge in [-0.3, -0.25) is 4.79 Å². The highest BCUT2D eigenvalue weighted by Crippen LogP contribution is 2.15. The molecule has 0 heterocycles. The van der Waals surface area contributed by atoms with Gasteiger partial charge in [-0.05, 0) is 50.2 Å². The summed E-state index contributed by atoms with van der Waals surface area (Å²) in [5, 5.41) is 0. The summed E-state index contributed by atoms with van der Waals surface area (Å²) in [6.45, 7) is 10.5. The lowest BCUT2D eigenvalue weighted by Gasteiger charge is -2.17. The maximum Gasteiger partial charge on any atom is 0.162 e. The van der Waals surface area contributed by atoms with Crippen molar-refractivity contribution in [2.45, 2.75) is 52.9 Å². The topological polar surface area (TPSA) is 29.5 Å². The number of hydrogen-bond donors (Lipinski definition) is 0. The van der Waals surface area contributed by atoms with Crippen molar-refractivity contribution in [2.75, 3.05) is 26.2 Å². The van der Waals surface area contributed by atoms with Gasteiger partial charge < -0.3 is 9.64 Å². The summed E-state index contributed by atoms with van der Waals surface area (Å²) in [7, 11) is 0. The molecule has 3 heteroatoms. The van der Waals surface area contributed by atoms with Crippen LogP contribution in [0.4, 0.5) is 0 Å². The third-order valence-electron chi connectivity index (χ3n) is 3.97. The van der Waals surface area contributed by atoms with Gasteiger partial charge in [-0.2, -0.15) is 0 Å². The van der Waals surface area contributed by atoms with Gasteiger partial charge in [0.05, 0.1) is 6.61 Å². The molecule has 0 amide bonds. The van der Waals surface area contributed by atoms with Crippen molar-refractivity contribution in [1.82, 2.24) is 4.90 Å². The summed E-state index contributed by atoms with van der Waals surface area (Å²) in [6.07, 6.45) is 4.93. The molecule has 22 heavy (non-hydrogen) atoms. The van der Waals surface area contributed by atoms with E-state index in [9.17, 15) is 4.79 Å². The largest absolute Gasteiger partial charge is 0.494 e. The molecule has 0 saturated carbocycles. The lowest BCUT2D eigenvalue weighted by Crippen LogP contribution is -2.25. The highest BCUT2D eigenvalue weighted by molar-refractivity contribution is 5.96. The number of Topliss-reactive ketones (excluding diaryl/α,β-unsaturated/α-hetero) is 1. The Morgan fingerprint density at radius 1 is 1.00 bits per heavy atom. The highest BCUT2D eigenvalue weighted by atomic mass is 16.5. The van der Waals surface area contributed by atoms with Crippen LogP contribution < -0.4 is 4.74 Å². The van der Waals surface area contributed by atoms with E-state index < -0.39 is 0 Å². The zero-order chi connectivity index (χ0) is 16.2. The standard InChI is InChI=1S/C19H31NO2/c1-4-7-8-10-19(21)17-11-13-18(14-12-17)22-16-9-15-20(5-2)6-3/h11-14H,4-10,15-16H2,1-3H3. The van der Waals surface area contributed by atoms with E-state index in [1.54, 1.807) is 0 Å². The first-order valence-corrected chi connectivity index (χ1v) is 8.69. The predicted octanol–water partition coefficient (Wildman–Crippen LogP) is 4.56. The molecule has 0 aliphatic heterocycles. The molecule has 0 aliphatic rings. The number of carbonyl (C=O) groups is 1. The van der Waals surface area contributed by atoms with Crippen molar-refractivity contribution >= 4 is 5.78 Å². The molecule has 0 saturated heterocycles. The first-order valence-electron chi connectivity index (χ1n) is 8.69. The summed E-state index contributed by atoms with van der Waals surface area (Å²) in [6, 6.07) is 7.58. The molecule has 0 aromatic heterocycles. The van der Waals surface area contributed by atoms with E-state index >= 15 is 0 Å². The molecule has 1 aromatic carbocycles. The van der Waals surface area contributed by atoms with E-state index in [0.717, 1.165) is 63.2 Å². The van der Waals surface area contributed by atoms with Crippen LogP contribution in [-0.4, -0.2) is 36.9 Å². The van der Waals surface area contributed by atoms with Crippen molar-refractivity contribution in [3.8, 4) is 5.75 Å². The first kappa shape index (κ1) is 18.7. The van der Waals surface area contributed by atoms with Gasteiger partial charge in [-0.1, -0.05) is 33.6 Å². The van der Waals surface area contributed by atoms with E-state index in [4.69, 9.17) is 4.74 Å². The zero-order valence-corrected chi connectivity index (χ0v) is 14.4. The van der Waals surface area contributed by atoms with Gasteiger partial charge in [-0.15, -0.1) is 0 Å². The Morgan fingerprint density at radius 2 is 1.68 bits per heavy atom. The molecule has 1 aromatic rings. The van der Waals surface area contributed by atoms with E-state index in [0.29, 0.717) is 6.42 Å². The maximum atomic E-state index is 12.0. The number of ketones is 1. The molecule has 3 nitrogen and oxygen atoms in total. The Morgan fingerprint density at radius 3 is 2.27 bits per heavy atom. The normalized spacial score (nSPS) is 10.9. The van der Waals surface area contributed by atoms with Crippen molar-refractivity contribution in [3.05, 3.63) is 29.8 Å². The fraction of sp³-hybridized carbons (Fsp3) is 0.632. The highest BCUT2D eigenvalue weighted by Gasteiger charge is 2.05. The number of unbranched alkanes of at least 4 members (excludes halogenated alkanes) is 2. The summed E-state index contributed by atoms with van der Waals surface area (Å²) >= 11 is 0. The molecule has 1 rings (SSSR count). The van der Waals surface area contributed by atoms with Crippen LogP contribution in [0.5, 0.6) is 5.75 Å². The second-order valence-electron chi connectivity index (χ2n) is 5.63. The van der Waals surface area contributed by atoms with E-state index in [-0.39, 0.29) is 5.78 Å². The summed E-state index contributed by atoms with van der Waals surface area (Å²) in [5.74, 6) is 1.09. The Hall–Kier alpha value is -1.35. The quantitative estimate of drug-likeness (QED) is 0.419. The molecule has 0 unspecified atom stereocenters. The fourth-order valence-corrected chi connectivity index (χ4v) is 2.43. The van der Waals surface area contributed by atoms with Gasteiger partial charge in [0.15, 0.2) is 5.78 Å². The van der Waals surface area contributed by atoms with Gasteiger partial charge >= 0.3 is 0 Å². The number of nitrogens with zero attached hydrogens (tertiary/aromatic N) is 1. The maximum absolute atomic E-state index is 12.0. The minimum Gasteiger partial charge on any atom is -0.494 e. The second-order valence-corrected chi connectivity index (χ2v) is 5.63. The third kappa shape index (κ3) is 7.08. The molecular weight excluding hydrogens is 274 g/mol. The molecule has 0 spiro atoms. The average Bonchev–Trinajstić information content (AvgIpc) is 2.55. The fourth-order valence-electron chi connectivity index (χ4n) is 2.43. The van der Waals surface area contributed by atoms with Gasteiger partial charge in [0, 0.05) is 18.5 Å². The Kier molecular flexibility index (Phi) is 9.56. The van der Waals surface area contributed by atoms with Crippen LogP contribution in [0.3, 0.4) is 0 Å². The minimum absolute atomic E-state index is 0.238. The summed E-state index contributed by atoms with van der Waals surface area (Å²) in [5.41, 5.74) is 0.798. The van der Waals surface area contributed by atoms with Gasteiger partial charge in [-0.25, -0.2) is 0 Å². The van der Waals surface area contributed by atoms with E-state index in [1.807, 2.05) is 24.3 Å². The van der Waals surface area contributed by atoms with Crippen LogP contribution in [-0.2, 0) is 0 Å². The number of ether oxygens (including phenoxy) is 1. The van der Waals surface area contributed by atoms with Crippen LogP contribution in [0.15, 0.2) is 24.3 Å². The lowest BCUT2D eigenvalue weighted by molar-refractivity contribution is 0.0979. The molecule has 124 valence electrons. The molecule has 0 aliphatic carbocycles. The zero-order valence-electron chi connectivity index (χ0n) is 14.4. The molecule has 0 N–H and O–H groups in total. The van der Waals surface area contributed by atoms with Gasteiger partial charge in [0.25, 0.3) is 0 Å². The number of benzene rings is 1. The SMILES string of the molecule is CCCCCC(=O)c1ccc(OCCCN(CC)CC)cc1. The minimum atomic E-state index is 0.238. The monoisotopic (exact) mass is 305 g/mol. The van der Waals surface area contributed by atoms with Crippen LogP contribution in [0, 0.1) is 0 Å². The molecule has 0 atom stereocenters. The molecule has 0 radical (unpaired) electrons. The number of rotatable bonds is 12. The van der Waals surface area contributed by atoms with E-state index in [2.05, 4.69) is 25.7 Å². The van der Waals surface area contributed by atoms with Crippen LogP contribution in [0.2, 0.25) is 0 Å². The van der Waals surface area contributed by atoms with Crippen LogP contribution in [0.1, 0.15) is 63.2 Å². The summed E-state index contributed by atoms with van der Waals surface area (Å²) in [4.78, 5) is 14.4. The van der Waals surface area contributed by atoms with Crippen molar-refractivity contribution < 1.29 is 9.53 Å². The first-order chi connectivity index (χ1) is 10.7. The van der Waals surface area contributed by atoms with Crippen molar-refractivity contribution in [2.24, 2.45) is 0 Å². The molecule has 0 fully saturated rings. The van der Waals surface area contributed by atoms with Gasteiger partial charge in [0.2, 0.25) is 0 Å². The van der Waals surface area contributed by atoms with Crippen LogP contribution in [0.25, 0.3) is 0 Å². The Bertz CT molecular complexity index is 410. The van der Waals surface area contributed by atoms with Crippen molar-refractivity contribution in [3.63, 3.8) is 0 Å². The van der Waals surface area contributed by atoms with Gasteiger partial charge in [0.1, 0.15) is 5.75 Å². The lowest BCUT2D eigenvalue weighted by atomic mass is 10.0. The molecular formula is C19H31NO2. The second kappa shape index (κ2) is 11.2. The van der Waals surface area contributed by atoms with Crippen LogP contribution >= 0.6 is 0 Å². The Labute approximate surface area is 135 Å². The predicted molar refractivity (Wildman–Crippen MR) is 92.8 cm³/mol. The third-order valence-corrected chi connectivity index (χ3v) is 3.97. The van der Waals surface area contributed by atoms with E-state index in [1.165, 1.54) is 0 Å². The Balaban J connectivity index is 2.31. The number of hydrogen-bond acceptors (Lipinski definition) is 3.